The lowest BCUT2D eigenvalue weighted by molar-refractivity contribution is -0.660. The van der Waals surface area contributed by atoms with E-state index in [1.807, 2.05) is 37.5 Å². The maximum atomic E-state index is 6.09. The van der Waals surface area contributed by atoms with Gasteiger partial charge in [-0.2, -0.15) is 0 Å². The van der Waals surface area contributed by atoms with Crippen molar-refractivity contribution in [3.8, 4) is 17.0 Å². The Kier molecular flexibility index (Phi) is 10.3. The Hall–Kier alpha value is -0.810. The molecule has 0 bridgehead atoms. The first-order chi connectivity index (χ1) is 11.2. The lowest BCUT2D eigenvalue weighted by Crippen LogP contribution is -3.00. The fourth-order valence-electron chi connectivity index (χ4n) is 2.63. The molecule has 0 aliphatic heterocycles. The van der Waals surface area contributed by atoms with E-state index < -0.39 is 0 Å². The van der Waals surface area contributed by atoms with Crippen LogP contribution in [0.3, 0.4) is 0 Å². The SMILES string of the molecule is CCCCCCCCOc1ccc(-c2cc(Cl)cc[n+]2C)cc1.[I-]. The third-order valence-corrected chi connectivity index (χ3v) is 4.26. The Morgan fingerprint density at radius 3 is 2.33 bits per heavy atom. The van der Waals surface area contributed by atoms with Gasteiger partial charge in [0, 0.05) is 17.7 Å². The molecule has 1 aromatic carbocycles. The van der Waals surface area contributed by atoms with Gasteiger partial charge in [0.25, 0.3) is 0 Å². The van der Waals surface area contributed by atoms with E-state index in [0.29, 0.717) is 0 Å². The average molecular weight is 460 g/mol. The first-order valence-corrected chi connectivity index (χ1v) is 8.97. The van der Waals surface area contributed by atoms with E-state index >= 15 is 0 Å². The van der Waals surface area contributed by atoms with Gasteiger partial charge in [0.15, 0.2) is 6.20 Å². The van der Waals surface area contributed by atoms with Crippen molar-refractivity contribution in [2.45, 2.75) is 45.4 Å². The lowest BCUT2D eigenvalue weighted by atomic mass is 10.1. The normalized spacial score (nSPS) is 10.3. The Bertz CT molecular complexity index is 601. The number of aromatic nitrogens is 1. The van der Waals surface area contributed by atoms with Crippen LogP contribution in [-0.2, 0) is 7.05 Å². The summed E-state index contributed by atoms with van der Waals surface area (Å²) in [5, 5.41) is 0.751. The molecule has 0 aliphatic carbocycles. The molecule has 0 fully saturated rings. The van der Waals surface area contributed by atoms with Crippen molar-refractivity contribution < 1.29 is 33.3 Å². The number of unbranched alkanes of at least 4 members (excludes halogenated alkanes) is 5. The summed E-state index contributed by atoms with van der Waals surface area (Å²) in [5.41, 5.74) is 2.24. The summed E-state index contributed by atoms with van der Waals surface area (Å²) in [7, 11) is 2.02. The fourth-order valence-corrected chi connectivity index (χ4v) is 2.78. The molecule has 0 atom stereocenters. The highest BCUT2D eigenvalue weighted by Gasteiger charge is 2.10. The summed E-state index contributed by atoms with van der Waals surface area (Å²) in [5.74, 6) is 0.937. The van der Waals surface area contributed by atoms with Crippen LogP contribution in [0.1, 0.15) is 45.4 Å². The van der Waals surface area contributed by atoms with Crippen molar-refractivity contribution in [1.29, 1.82) is 0 Å². The van der Waals surface area contributed by atoms with Gasteiger partial charge in [0.05, 0.1) is 11.6 Å². The number of ether oxygens (including phenoxy) is 1. The van der Waals surface area contributed by atoms with Crippen LogP contribution >= 0.6 is 11.6 Å². The Morgan fingerprint density at radius 1 is 0.958 bits per heavy atom. The van der Waals surface area contributed by atoms with Gasteiger partial charge in [-0.25, -0.2) is 4.57 Å². The molecular formula is C20H27ClINO. The van der Waals surface area contributed by atoms with E-state index in [1.54, 1.807) is 0 Å². The molecule has 2 rings (SSSR count). The van der Waals surface area contributed by atoms with Crippen LogP contribution in [0.15, 0.2) is 42.6 Å². The molecule has 1 aromatic heterocycles. The maximum Gasteiger partial charge on any atom is 0.213 e. The van der Waals surface area contributed by atoms with E-state index in [1.165, 1.54) is 32.1 Å². The van der Waals surface area contributed by atoms with Gasteiger partial charge in [0.1, 0.15) is 12.8 Å². The second-order valence-electron chi connectivity index (χ2n) is 5.98. The Balaban J connectivity index is 0.00000288. The van der Waals surface area contributed by atoms with Gasteiger partial charge < -0.3 is 28.7 Å². The number of nitrogens with zero attached hydrogens (tertiary/aromatic N) is 1. The minimum atomic E-state index is 0. The number of rotatable bonds is 9. The number of aryl methyl sites for hydroxylation is 1. The highest BCUT2D eigenvalue weighted by molar-refractivity contribution is 6.30. The Labute approximate surface area is 168 Å². The smallest absolute Gasteiger partial charge is 0.213 e. The molecule has 132 valence electrons. The van der Waals surface area contributed by atoms with E-state index in [-0.39, 0.29) is 24.0 Å². The minimum absolute atomic E-state index is 0. The van der Waals surface area contributed by atoms with Gasteiger partial charge in [0.2, 0.25) is 5.69 Å². The summed E-state index contributed by atoms with van der Waals surface area (Å²) in [6.07, 6.45) is 9.69. The second kappa shape index (κ2) is 11.7. The molecule has 0 saturated carbocycles. The highest BCUT2D eigenvalue weighted by atomic mass is 127. The number of hydrogen-bond acceptors (Lipinski definition) is 1. The molecule has 1 heterocycles. The molecule has 0 N–H and O–H groups in total. The molecule has 0 radical (unpaired) electrons. The van der Waals surface area contributed by atoms with Crippen LogP contribution in [0.4, 0.5) is 0 Å². The predicted octanol–water partition coefficient (Wildman–Crippen LogP) is 2.57. The van der Waals surface area contributed by atoms with Crippen LogP contribution in [0.5, 0.6) is 5.75 Å². The zero-order valence-electron chi connectivity index (χ0n) is 14.6. The number of halogens is 2. The van der Waals surface area contributed by atoms with Crippen LogP contribution in [0.2, 0.25) is 5.02 Å². The summed E-state index contributed by atoms with van der Waals surface area (Å²) in [6, 6.07) is 12.1. The number of pyridine rings is 1. The summed E-state index contributed by atoms with van der Waals surface area (Å²) in [6.45, 7) is 3.05. The molecule has 0 amide bonds. The molecule has 2 aromatic rings. The number of benzene rings is 1. The molecule has 0 aliphatic rings. The molecule has 0 spiro atoms. The lowest BCUT2D eigenvalue weighted by Gasteiger charge is -2.07. The van der Waals surface area contributed by atoms with E-state index in [2.05, 4.69) is 23.6 Å². The van der Waals surface area contributed by atoms with Crippen LogP contribution in [-0.4, -0.2) is 6.61 Å². The topological polar surface area (TPSA) is 13.1 Å². The van der Waals surface area contributed by atoms with Gasteiger partial charge in [-0.1, -0.05) is 50.6 Å². The van der Waals surface area contributed by atoms with Gasteiger partial charge in [-0.3, -0.25) is 0 Å². The molecule has 2 nitrogen and oxygen atoms in total. The monoisotopic (exact) mass is 459 g/mol. The molecular weight excluding hydrogens is 433 g/mol. The molecule has 4 heteroatoms. The third kappa shape index (κ3) is 6.98. The standard InChI is InChI=1S/C20H27ClNO.HI/c1-3-4-5-6-7-8-15-23-19-11-9-17(10-12-19)20-16-18(21)13-14-22(20)2;/h9-14,16H,3-8,15H2,1-2H3;1H/q+1;/p-1. The van der Waals surface area contributed by atoms with Crippen molar-refractivity contribution in [2.75, 3.05) is 6.61 Å². The third-order valence-electron chi connectivity index (χ3n) is 4.03. The zero-order chi connectivity index (χ0) is 16.5. The van der Waals surface area contributed by atoms with Crippen molar-refractivity contribution in [3.63, 3.8) is 0 Å². The first-order valence-electron chi connectivity index (χ1n) is 8.59. The van der Waals surface area contributed by atoms with Crippen molar-refractivity contribution in [1.82, 2.24) is 0 Å². The van der Waals surface area contributed by atoms with Crippen molar-refractivity contribution in [2.24, 2.45) is 7.05 Å². The molecule has 0 saturated heterocycles. The van der Waals surface area contributed by atoms with E-state index in [4.69, 9.17) is 16.3 Å². The van der Waals surface area contributed by atoms with E-state index in [0.717, 1.165) is 35.1 Å². The quantitative estimate of drug-likeness (QED) is 0.319. The summed E-state index contributed by atoms with van der Waals surface area (Å²) in [4.78, 5) is 0. The zero-order valence-corrected chi connectivity index (χ0v) is 17.5. The van der Waals surface area contributed by atoms with E-state index in [9.17, 15) is 0 Å². The van der Waals surface area contributed by atoms with Crippen LogP contribution in [0.25, 0.3) is 11.3 Å². The highest BCUT2D eigenvalue weighted by Crippen LogP contribution is 2.22. The van der Waals surface area contributed by atoms with Crippen molar-refractivity contribution >= 4 is 11.6 Å². The van der Waals surface area contributed by atoms with Gasteiger partial charge in [-0.15, -0.1) is 0 Å². The molecule has 24 heavy (non-hydrogen) atoms. The van der Waals surface area contributed by atoms with Crippen LogP contribution in [0, 0.1) is 0 Å². The maximum absolute atomic E-state index is 6.09. The molecule has 0 unspecified atom stereocenters. The van der Waals surface area contributed by atoms with Crippen molar-refractivity contribution in [3.05, 3.63) is 47.6 Å². The van der Waals surface area contributed by atoms with Crippen LogP contribution < -0.4 is 33.3 Å². The minimum Gasteiger partial charge on any atom is -1.00 e. The second-order valence-corrected chi connectivity index (χ2v) is 6.42. The fraction of sp³-hybridized carbons (Fsp3) is 0.450. The van der Waals surface area contributed by atoms with Gasteiger partial charge >= 0.3 is 0 Å². The summed E-state index contributed by atoms with van der Waals surface area (Å²) < 4.78 is 7.89. The number of hydrogen-bond donors (Lipinski definition) is 0. The van der Waals surface area contributed by atoms with Gasteiger partial charge in [-0.05, 0) is 30.7 Å². The average Bonchev–Trinajstić information content (AvgIpc) is 2.57. The first kappa shape index (κ1) is 21.2. The Morgan fingerprint density at radius 2 is 1.62 bits per heavy atom. The largest absolute Gasteiger partial charge is 1.00 e. The summed E-state index contributed by atoms with van der Waals surface area (Å²) >= 11 is 6.09. The predicted molar refractivity (Wildman–Crippen MR) is 96.9 cm³/mol.